The summed E-state index contributed by atoms with van der Waals surface area (Å²) in [5.41, 5.74) is 7.37. The van der Waals surface area contributed by atoms with Gasteiger partial charge in [-0.15, -0.1) is 0 Å². The van der Waals surface area contributed by atoms with Crippen molar-refractivity contribution in [2.45, 2.75) is 64.2 Å². The minimum Gasteiger partial charge on any atom is -0.492 e. The molecule has 42 heavy (non-hydrogen) atoms. The summed E-state index contributed by atoms with van der Waals surface area (Å²) < 4.78 is 37.8. The van der Waals surface area contributed by atoms with Gasteiger partial charge < -0.3 is 29.8 Å². The van der Waals surface area contributed by atoms with Crippen molar-refractivity contribution in [2.75, 3.05) is 19.5 Å². The Kier molecular flexibility index (Phi) is 6.95. The normalized spacial score (nSPS) is 25.5. The number of nitrogens with two attached hydrogens (primary N) is 1. The number of Topliss-reactive ketones (excluding diaryl/α,β-unsaturated/α-hetero) is 2. The van der Waals surface area contributed by atoms with Crippen LogP contribution in [-0.2, 0) is 36.1 Å². The molecule has 224 valence electrons. The van der Waals surface area contributed by atoms with E-state index in [9.17, 15) is 28.9 Å². The van der Waals surface area contributed by atoms with E-state index in [1.807, 2.05) is 0 Å². The molecule has 17 heteroatoms. The first kappa shape index (κ1) is 28.5. The summed E-state index contributed by atoms with van der Waals surface area (Å²) in [5.74, 6) is -0.773. The summed E-state index contributed by atoms with van der Waals surface area (Å²) in [6.07, 6.45) is -1.71. The smallest absolute Gasteiger partial charge is 0.472 e. The molecule has 3 aromatic heterocycles. The molecule has 5 N–H and O–H groups in total. The summed E-state index contributed by atoms with van der Waals surface area (Å²) in [6, 6.07) is 0. The number of allylic oxidation sites excluding steroid dienone is 2. The minimum atomic E-state index is -4.61. The number of aromatic nitrogens is 5. The number of H-pyrrole nitrogens is 1. The molecule has 6 rings (SSSR count). The van der Waals surface area contributed by atoms with Gasteiger partial charge in [-0.2, -0.15) is 4.98 Å². The number of aliphatic hydroxyl groups excluding tert-OH is 1. The molecule has 5 atom stereocenters. The van der Waals surface area contributed by atoms with E-state index in [2.05, 4.69) is 15.0 Å². The maximum atomic E-state index is 13.0. The van der Waals surface area contributed by atoms with Crippen molar-refractivity contribution in [3.63, 3.8) is 0 Å². The number of aliphatic hydroxyl groups is 1. The molecule has 2 unspecified atom stereocenters. The first-order valence-corrected chi connectivity index (χ1v) is 14.7. The van der Waals surface area contributed by atoms with Gasteiger partial charge in [0, 0.05) is 30.7 Å². The largest absolute Gasteiger partial charge is 0.492 e. The van der Waals surface area contributed by atoms with Crippen LogP contribution in [0.25, 0.3) is 11.2 Å². The Morgan fingerprint density at radius 3 is 2.76 bits per heavy atom. The van der Waals surface area contributed by atoms with Crippen LogP contribution in [0.2, 0.25) is 0 Å². The molecular weight excluding hydrogens is 575 g/mol. The van der Waals surface area contributed by atoms with Crippen molar-refractivity contribution in [2.24, 2.45) is 0 Å². The lowest BCUT2D eigenvalue weighted by molar-refractivity contribution is -0.0459. The highest BCUT2D eigenvalue weighted by molar-refractivity contribution is 7.47. The summed E-state index contributed by atoms with van der Waals surface area (Å²) >= 11 is 0. The zero-order valence-corrected chi connectivity index (χ0v) is 23.8. The van der Waals surface area contributed by atoms with E-state index < -0.39 is 44.5 Å². The third kappa shape index (κ3) is 4.60. The predicted octanol–water partition coefficient (Wildman–Crippen LogP) is 0.908. The molecule has 0 saturated carbocycles. The van der Waals surface area contributed by atoms with Gasteiger partial charge in [-0.3, -0.25) is 33.0 Å². The second-order valence-corrected chi connectivity index (χ2v) is 11.9. The Bertz CT molecular complexity index is 1770. The highest BCUT2D eigenvalue weighted by Crippen LogP contribution is 2.48. The number of phosphoric ester groups is 1. The molecule has 0 spiro atoms. The first-order valence-electron chi connectivity index (χ1n) is 13.2. The number of nitrogens with zero attached hydrogens (tertiary/aromatic N) is 4. The van der Waals surface area contributed by atoms with Crippen LogP contribution in [0.3, 0.4) is 0 Å². The zero-order chi connectivity index (χ0) is 30.1. The second kappa shape index (κ2) is 10.3. The molecule has 1 aliphatic carbocycles. The van der Waals surface area contributed by atoms with Crippen molar-refractivity contribution < 1.29 is 42.7 Å². The number of ether oxygens (including phenoxy) is 2. The summed E-state index contributed by atoms with van der Waals surface area (Å²) in [4.78, 5) is 59.1. The molecule has 0 radical (unpaired) electrons. The van der Waals surface area contributed by atoms with Gasteiger partial charge in [0.2, 0.25) is 17.5 Å². The van der Waals surface area contributed by atoms with E-state index in [0.29, 0.717) is 17.0 Å². The second-order valence-electron chi connectivity index (χ2n) is 10.5. The van der Waals surface area contributed by atoms with Crippen molar-refractivity contribution in [1.29, 1.82) is 0 Å². The Morgan fingerprint density at radius 2 is 2.02 bits per heavy atom. The third-order valence-electron chi connectivity index (χ3n) is 7.92. The van der Waals surface area contributed by atoms with Crippen LogP contribution >= 0.6 is 7.82 Å². The van der Waals surface area contributed by atoms with Gasteiger partial charge >= 0.3 is 7.82 Å². The average molecular weight is 605 g/mol. The molecule has 3 aliphatic rings. The number of hydrogen-bond donors (Lipinski definition) is 4. The van der Waals surface area contributed by atoms with E-state index in [1.165, 1.54) is 18.0 Å². The SMILES string of the molecule is COC1=C(C)C(=O)c2c(c(C)c3n2CCC(OP(=O)(O)OC[C@H]2O[C@@H](n4cnc5c(=O)[nH]c(N)nc54)C[C@@H]2O)C3)C1=O. The minimum absolute atomic E-state index is 0.00782. The van der Waals surface area contributed by atoms with Gasteiger partial charge in [0.05, 0.1) is 37.8 Å². The number of aromatic amines is 1. The topological polar surface area (TPSA) is 223 Å². The van der Waals surface area contributed by atoms with Gasteiger partial charge in [-0.05, 0) is 25.8 Å². The number of hydrogen-bond acceptors (Lipinski definition) is 12. The number of anilines is 1. The summed E-state index contributed by atoms with van der Waals surface area (Å²) in [5, 5.41) is 10.5. The van der Waals surface area contributed by atoms with Gasteiger partial charge in [-0.25, -0.2) is 9.55 Å². The number of carbonyl (C=O) groups is 2. The third-order valence-corrected chi connectivity index (χ3v) is 8.96. The number of phosphoric acid groups is 1. The maximum absolute atomic E-state index is 13.0. The number of nitrogen functional groups attached to an aromatic ring is 1. The van der Waals surface area contributed by atoms with E-state index in [1.54, 1.807) is 18.4 Å². The summed E-state index contributed by atoms with van der Waals surface area (Å²) in [6.45, 7) is 3.10. The number of fused-ring (bicyclic) bond motifs is 4. The molecule has 16 nitrogen and oxygen atoms in total. The standard InChI is InChI=1S/C25H29N6O10P/c1-10-13-6-12(4-5-30(13)19-17(10)21(34)22(38-3)11(2)20(19)33)41-42(36,37)39-8-15-14(32)7-16(40-15)31-9-27-18-23(31)28-25(26)29-24(18)35/h9,12,14-16,32H,4-8H2,1-3H3,(H,36,37)(H3,26,28,29,35)/t12?,14-,15+,16+/m0/s1. The van der Waals surface area contributed by atoms with Crippen molar-refractivity contribution in [1.82, 2.24) is 24.1 Å². The fraction of sp³-hybridized carbons (Fsp3) is 0.480. The number of rotatable bonds is 7. The first-order chi connectivity index (χ1) is 19.9. The number of carbonyl (C=O) groups excluding carboxylic acids is 2. The van der Waals surface area contributed by atoms with Gasteiger partial charge in [0.25, 0.3) is 5.56 Å². The van der Waals surface area contributed by atoms with Crippen LogP contribution in [-0.4, -0.2) is 77.7 Å². The van der Waals surface area contributed by atoms with Gasteiger partial charge in [0.1, 0.15) is 18.0 Å². The van der Waals surface area contributed by atoms with Gasteiger partial charge in [-0.1, -0.05) is 0 Å². The van der Waals surface area contributed by atoms with Crippen LogP contribution in [0, 0.1) is 6.92 Å². The molecule has 1 fully saturated rings. The van der Waals surface area contributed by atoms with Crippen molar-refractivity contribution in [3.05, 3.63) is 50.5 Å². The number of nitrogens with one attached hydrogen (secondary N) is 1. The Morgan fingerprint density at radius 1 is 1.26 bits per heavy atom. The fourth-order valence-corrected chi connectivity index (χ4v) is 6.84. The quantitative estimate of drug-likeness (QED) is 0.276. The Labute approximate surface area is 237 Å². The van der Waals surface area contributed by atoms with Crippen LogP contribution in [0.1, 0.15) is 58.1 Å². The van der Waals surface area contributed by atoms with Crippen LogP contribution in [0.5, 0.6) is 0 Å². The highest BCUT2D eigenvalue weighted by Gasteiger charge is 2.42. The van der Waals surface area contributed by atoms with E-state index in [0.717, 1.165) is 0 Å². The zero-order valence-electron chi connectivity index (χ0n) is 22.9. The van der Waals surface area contributed by atoms with E-state index in [4.69, 9.17) is 24.3 Å². The summed E-state index contributed by atoms with van der Waals surface area (Å²) in [7, 11) is -3.27. The molecule has 3 aromatic rings. The van der Waals surface area contributed by atoms with Crippen molar-refractivity contribution >= 4 is 36.5 Å². The molecule has 1 saturated heterocycles. The van der Waals surface area contributed by atoms with Crippen LogP contribution < -0.4 is 11.3 Å². The van der Waals surface area contributed by atoms with Crippen molar-refractivity contribution in [3.8, 4) is 0 Å². The molecule has 0 aromatic carbocycles. The average Bonchev–Trinajstić information content (AvgIpc) is 3.60. The Hall–Kier alpha value is -3.66. The highest BCUT2D eigenvalue weighted by atomic mass is 31.2. The maximum Gasteiger partial charge on any atom is 0.472 e. The molecule has 0 amide bonds. The molecule has 2 aliphatic heterocycles. The number of ketones is 2. The molecule has 0 bridgehead atoms. The number of imidazole rings is 1. The van der Waals surface area contributed by atoms with E-state index in [-0.39, 0.29) is 71.4 Å². The molecular formula is C25H29N6O10P. The van der Waals surface area contributed by atoms with Crippen LogP contribution in [0.15, 0.2) is 22.5 Å². The predicted molar refractivity (Wildman–Crippen MR) is 144 cm³/mol. The Balaban J connectivity index is 1.12. The van der Waals surface area contributed by atoms with E-state index >= 15 is 0 Å². The monoisotopic (exact) mass is 604 g/mol. The number of methoxy groups -OCH3 is 1. The molecule has 5 heterocycles. The lowest BCUT2D eigenvalue weighted by atomic mass is 9.91. The fourth-order valence-electron chi connectivity index (χ4n) is 5.89. The lowest BCUT2D eigenvalue weighted by Crippen LogP contribution is -2.30. The lowest BCUT2D eigenvalue weighted by Gasteiger charge is -2.28. The van der Waals surface area contributed by atoms with Gasteiger partial charge in [0.15, 0.2) is 16.9 Å². The van der Waals surface area contributed by atoms with Crippen LogP contribution in [0.4, 0.5) is 5.95 Å².